The van der Waals surface area contributed by atoms with Gasteiger partial charge in [0.15, 0.2) is 0 Å². The first-order valence-corrected chi connectivity index (χ1v) is 18.4. The molecule has 0 amide bonds. The largest absolute Gasteiger partial charge is 0.421 e. The molecule has 54 heavy (non-hydrogen) atoms. The molecule has 0 atom stereocenters. The lowest BCUT2D eigenvalue weighted by Crippen LogP contribution is -2.25. The molecule has 0 aliphatic heterocycles. The number of unbranched alkanes of at least 4 members (excludes halogenated alkanes) is 3. The minimum Gasteiger partial charge on any atom is -0.378 e. The van der Waals surface area contributed by atoms with E-state index in [1.165, 1.54) is 11.4 Å². The molecule has 0 unspecified atom stereocenters. The summed E-state index contributed by atoms with van der Waals surface area (Å²) in [6.45, 7) is 1.78. The molecule has 2 N–H and O–H groups in total. The summed E-state index contributed by atoms with van der Waals surface area (Å²) in [5, 5.41) is 25.2. The summed E-state index contributed by atoms with van der Waals surface area (Å²) in [6.07, 6.45) is 12.6. The second-order valence-electron chi connectivity index (χ2n) is 13.8. The fraction of sp³-hybridized carbons (Fsp3) is 0.286. The van der Waals surface area contributed by atoms with Crippen LogP contribution in [0.5, 0.6) is 0 Å². The summed E-state index contributed by atoms with van der Waals surface area (Å²) in [5.41, 5.74) is 8.04. The van der Waals surface area contributed by atoms with Crippen LogP contribution in [-0.2, 0) is 27.2 Å². The quantitative estimate of drug-likeness (QED) is 0.0556. The number of hydrogen-bond donors (Lipinski definition) is 2. The molecule has 0 aliphatic carbocycles. The maximum absolute atomic E-state index is 4.61. The number of imidazole rings is 2. The van der Waals surface area contributed by atoms with Crippen LogP contribution in [0.4, 0.5) is 57.4 Å². The van der Waals surface area contributed by atoms with Crippen molar-refractivity contribution in [1.29, 1.82) is 0 Å². The lowest BCUT2D eigenvalue weighted by Gasteiger charge is -2.13. The Morgan fingerprint density at radius 2 is 0.796 bits per heavy atom. The third-order valence-corrected chi connectivity index (χ3v) is 9.22. The molecule has 2 aromatic heterocycles. The molecule has 0 fully saturated rings. The highest BCUT2D eigenvalue weighted by Crippen LogP contribution is 2.25. The molecule has 6 rings (SSSR count). The molecule has 2 heterocycles. The van der Waals surface area contributed by atoms with Crippen molar-refractivity contribution in [2.75, 3.05) is 48.6 Å². The van der Waals surface area contributed by atoms with E-state index in [2.05, 4.69) is 111 Å². The van der Waals surface area contributed by atoms with E-state index in [0.717, 1.165) is 84.8 Å². The number of nitrogens with one attached hydrogen (secondary N) is 2. The van der Waals surface area contributed by atoms with Gasteiger partial charge in [-0.15, -0.1) is 0 Å². The molecule has 6 aromatic rings. The van der Waals surface area contributed by atoms with Crippen LogP contribution in [0.15, 0.2) is 142 Å². The Hall–Kier alpha value is -6.30. The monoisotopic (exact) mass is 724 g/mol. The number of aromatic nitrogens is 4. The standard InChI is InChI=1S/C42H50N12/c1-49(2)39-23-19-35(20-24-39)43-33-11-15-37(16-12-33)45-47-41-51(5)29-31-53(41)27-9-7-8-10-28-54-32-30-52(6)42(54)48-46-38-17-13-34(14-18-38)44-36-21-25-40(26-22-36)50(3)4/h11-26,29-32H,7-10,27-28H2,1-6H3/p+2. The summed E-state index contributed by atoms with van der Waals surface area (Å²) < 4.78 is 8.37. The fourth-order valence-electron chi connectivity index (χ4n) is 6.00. The average molecular weight is 725 g/mol. The average Bonchev–Trinajstić information content (AvgIpc) is 3.72. The summed E-state index contributed by atoms with van der Waals surface area (Å²) in [5.74, 6) is 1.66. The van der Waals surface area contributed by atoms with Crippen molar-refractivity contribution in [1.82, 2.24) is 9.13 Å². The minimum absolute atomic E-state index is 0.807. The normalized spacial score (nSPS) is 11.4. The summed E-state index contributed by atoms with van der Waals surface area (Å²) >= 11 is 0. The second-order valence-corrected chi connectivity index (χ2v) is 13.8. The number of benzene rings is 4. The summed E-state index contributed by atoms with van der Waals surface area (Å²) in [7, 11) is 12.2. The van der Waals surface area contributed by atoms with Gasteiger partial charge in [0, 0.05) is 72.5 Å². The van der Waals surface area contributed by atoms with Crippen molar-refractivity contribution in [2.24, 2.45) is 34.6 Å². The van der Waals surface area contributed by atoms with Gasteiger partial charge in [-0.25, -0.2) is 18.3 Å². The number of nitrogens with zero attached hydrogens (tertiary/aromatic N) is 10. The van der Waals surface area contributed by atoms with Crippen LogP contribution in [0.1, 0.15) is 25.7 Å². The highest BCUT2D eigenvalue weighted by Gasteiger charge is 2.16. The van der Waals surface area contributed by atoms with Gasteiger partial charge in [0.2, 0.25) is 0 Å². The van der Waals surface area contributed by atoms with E-state index < -0.39 is 0 Å². The predicted octanol–water partition coefficient (Wildman–Crippen LogP) is 9.65. The van der Waals surface area contributed by atoms with E-state index in [9.17, 15) is 0 Å². The number of azo groups is 2. The van der Waals surface area contributed by atoms with Crippen molar-refractivity contribution < 1.29 is 9.13 Å². The highest BCUT2D eigenvalue weighted by molar-refractivity contribution is 5.65. The van der Waals surface area contributed by atoms with Crippen LogP contribution in [0.3, 0.4) is 0 Å². The molecular weight excluding hydrogens is 673 g/mol. The first-order chi connectivity index (χ1) is 26.2. The Balaban J connectivity index is 0.937. The minimum atomic E-state index is 0.807. The van der Waals surface area contributed by atoms with Gasteiger partial charge in [-0.2, -0.15) is 0 Å². The molecular formula is C42H52N12+2. The zero-order valence-corrected chi connectivity index (χ0v) is 32.3. The molecule has 0 bridgehead atoms. The number of aryl methyl sites for hydroxylation is 4. The van der Waals surface area contributed by atoms with Gasteiger partial charge in [0.25, 0.3) is 0 Å². The van der Waals surface area contributed by atoms with Crippen LogP contribution in [0, 0.1) is 0 Å². The smallest absolute Gasteiger partial charge is 0.378 e. The third-order valence-electron chi connectivity index (χ3n) is 9.22. The van der Waals surface area contributed by atoms with Crippen LogP contribution in [0.25, 0.3) is 0 Å². The first kappa shape index (κ1) is 37.5. The first-order valence-electron chi connectivity index (χ1n) is 18.4. The van der Waals surface area contributed by atoms with Gasteiger partial charge >= 0.3 is 11.9 Å². The molecule has 4 aromatic carbocycles. The number of rotatable bonds is 17. The van der Waals surface area contributed by atoms with Crippen LogP contribution in [-0.4, -0.2) is 37.3 Å². The Morgan fingerprint density at radius 3 is 1.13 bits per heavy atom. The van der Waals surface area contributed by atoms with E-state index in [-0.39, 0.29) is 0 Å². The van der Waals surface area contributed by atoms with Gasteiger partial charge in [0.05, 0.1) is 52.0 Å². The highest BCUT2D eigenvalue weighted by atomic mass is 15.3. The van der Waals surface area contributed by atoms with Gasteiger partial charge in [-0.1, -0.05) is 23.1 Å². The van der Waals surface area contributed by atoms with Crippen molar-refractivity contribution in [2.45, 2.75) is 38.8 Å². The Morgan fingerprint density at radius 1 is 0.463 bits per heavy atom. The molecule has 0 aliphatic rings. The molecule has 0 radical (unpaired) electrons. The van der Waals surface area contributed by atoms with Crippen LogP contribution < -0.4 is 29.6 Å². The van der Waals surface area contributed by atoms with Crippen molar-refractivity contribution in [3.05, 3.63) is 122 Å². The van der Waals surface area contributed by atoms with Crippen LogP contribution in [0.2, 0.25) is 0 Å². The van der Waals surface area contributed by atoms with Gasteiger partial charge in [-0.3, -0.25) is 0 Å². The van der Waals surface area contributed by atoms with Crippen molar-refractivity contribution in [3.63, 3.8) is 0 Å². The van der Waals surface area contributed by atoms with Crippen LogP contribution >= 0.6 is 0 Å². The van der Waals surface area contributed by atoms with E-state index in [0.29, 0.717) is 0 Å². The maximum atomic E-state index is 4.61. The Labute approximate surface area is 318 Å². The van der Waals surface area contributed by atoms with E-state index in [1.807, 2.05) is 112 Å². The number of anilines is 6. The van der Waals surface area contributed by atoms with Crippen molar-refractivity contribution >= 4 is 57.4 Å². The molecule has 0 spiro atoms. The Kier molecular flexibility index (Phi) is 12.5. The zero-order chi connectivity index (χ0) is 37.9. The molecule has 12 nitrogen and oxygen atoms in total. The SMILES string of the molecule is CN(C)c1ccc(Nc2ccc(N=Nc3n(CCCCCCn4cc[n+](C)c4N=Nc4ccc(Nc5ccc(N(C)C)cc5)cc4)cc[n+]3C)cc2)cc1. The zero-order valence-electron chi connectivity index (χ0n) is 32.3. The predicted molar refractivity (Wildman–Crippen MR) is 219 cm³/mol. The molecule has 278 valence electrons. The summed E-state index contributed by atoms with van der Waals surface area (Å²) in [6, 6.07) is 32.7. The summed E-state index contributed by atoms with van der Waals surface area (Å²) in [4.78, 5) is 4.18. The Bertz CT molecular complexity index is 1970. The van der Waals surface area contributed by atoms with E-state index in [4.69, 9.17) is 0 Å². The second kappa shape index (κ2) is 18.0. The molecule has 0 saturated carbocycles. The van der Waals surface area contributed by atoms with Crippen molar-refractivity contribution in [3.8, 4) is 0 Å². The van der Waals surface area contributed by atoms with Gasteiger partial charge < -0.3 is 20.4 Å². The van der Waals surface area contributed by atoms with E-state index >= 15 is 0 Å². The fourth-order valence-corrected chi connectivity index (χ4v) is 6.00. The third kappa shape index (κ3) is 10.2. The lowest BCUT2D eigenvalue weighted by molar-refractivity contribution is -0.657. The van der Waals surface area contributed by atoms with E-state index in [1.54, 1.807) is 0 Å². The maximum Gasteiger partial charge on any atom is 0.421 e. The molecule has 12 heteroatoms. The lowest BCUT2D eigenvalue weighted by atomic mass is 10.2. The molecule has 0 saturated heterocycles. The van der Waals surface area contributed by atoms with Gasteiger partial charge in [0.1, 0.15) is 11.4 Å². The van der Waals surface area contributed by atoms with Gasteiger partial charge in [-0.05, 0) is 110 Å². The number of hydrogen-bond acceptors (Lipinski definition) is 8. The topological polar surface area (TPSA) is 97.6 Å².